The van der Waals surface area contributed by atoms with Gasteiger partial charge in [0.15, 0.2) is 0 Å². The molecule has 0 aliphatic carbocycles. The fourth-order valence-corrected chi connectivity index (χ4v) is 1.55. The third-order valence-corrected chi connectivity index (χ3v) is 2.77. The van der Waals surface area contributed by atoms with Gasteiger partial charge in [-0.25, -0.2) is 0 Å². The minimum absolute atomic E-state index is 0.0304. The third kappa shape index (κ3) is 3.51. The first kappa shape index (κ1) is 13.6. The van der Waals surface area contributed by atoms with E-state index in [2.05, 4.69) is 5.16 Å². The van der Waals surface area contributed by atoms with Crippen molar-refractivity contribution in [3.63, 3.8) is 0 Å². The quantitative estimate of drug-likeness (QED) is 0.448. The first-order valence-electron chi connectivity index (χ1n) is 4.56. The molecule has 17 heavy (non-hydrogen) atoms. The average molecular weight is 278 g/mol. The van der Waals surface area contributed by atoms with E-state index in [-0.39, 0.29) is 39.9 Å². The second-order valence-electron chi connectivity index (χ2n) is 3.22. The number of hydrogen-bond acceptors (Lipinski definition) is 4. The lowest BCUT2D eigenvalue weighted by Crippen LogP contribution is -2.05. The van der Waals surface area contributed by atoms with Crippen LogP contribution in [0.15, 0.2) is 17.3 Å². The van der Waals surface area contributed by atoms with Gasteiger partial charge in [0, 0.05) is 18.1 Å². The van der Waals surface area contributed by atoms with Gasteiger partial charge in [-0.3, -0.25) is 4.79 Å². The molecule has 0 amide bonds. The number of aromatic hydroxyl groups is 1. The number of benzene rings is 1. The van der Waals surface area contributed by atoms with Crippen LogP contribution in [0.25, 0.3) is 0 Å². The number of halogens is 2. The molecule has 0 atom stereocenters. The number of nitrogens with zero attached hydrogens (tertiary/aromatic N) is 1. The molecular weight excluding hydrogens is 269 g/mol. The maximum atomic E-state index is 10.4. The Hall–Kier alpha value is -1.46. The lowest BCUT2D eigenvalue weighted by Gasteiger charge is -2.07. The Kier molecular flexibility index (Phi) is 4.60. The summed E-state index contributed by atoms with van der Waals surface area (Å²) in [6.45, 7) is 0. The molecule has 0 aliphatic rings. The van der Waals surface area contributed by atoms with Crippen LogP contribution in [0, 0.1) is 0 Å². The van der Waals surface area contributed by atoms with E-state index >= 15 is 0 Å². The third-order valence-electron chi connectivity index (χ3n) is 2.05. The van der Waals surface area contributed by atoms with Crippen molar-refractivity contribution in [3.8, 4) is 5.75 Å². The minimum atomic E-state index is -1.04. The van der Waals surface area contributed by atoms with E-state index in [1.165, 1.54) is 12.1 Å². The van der Waals surface area contributed by atoms with Crippen LogP contribution in [0.1, 0.15) is 18.4 Å². The van der Waals surface area contributed by atoms with Crippen LogP contribution in [-0.4, -0.2) is 27.1 Å². The molecule has 0 aromatic heterocycles. The molecule has 0 saturated heterocycles. The summed E-state index contributed by atoms with van der Waals surface area (Å²) in [5, 5.41) is 30.2. The number of aliphatic carboxylic acids is 1. The van der Waals surface area contributed by atoms with Crippen LogP contribution in [0.2, 0.25) is 10.0 Å². The summed E-state index contributed by atoms with van der Waals surface area (Å²) < 4.78 is 0. The zero-order valence-corrected chi connectivity index (χ0v) is 10.0. The Bertz CT molecular complexity index is 474. The second-order valence-corrected chi connectivity index (χ2v) is 4.04. The molecule has 1 aromatic rings. The standard InChI is InChI=1S/C10H9Cl2NO4/c11-6-3-5(9(14)4-7(6)12)8(13-17)1-2-10(15)16/h3-4,14,17H,1-2H2,(H,15,16)/b13-8+. The molecule has 1 aromatic carbocycles. The van der Waals surface area contributed by atoms with Gasteiger partial charge in [0.1, 0.15) is 5.75 Å². The van der Waals surface area contributed by atoms with Crippen molar-refractivity contribution in [1.29, 1.82) is 0 Å². The monoisotopic (exact) mass is 277 g/mol. The number of carboxylic acid groups (broad SMARTS) is 1. The molecule has 1 rings (SSSR count). The number of phenolic OH excluding ortho intramolecular Hbond substituents is 1. The molecule has 0 spiro atoms. The highest BCUT2D eigenvalue weighted by Gasteiger charge is 2.14. The molecule has 92 valence electrons. The number of oxime groups is 1. The highest BCUT2D eigenvalue weighted by Crippen LogP contribution is 2.30. The van der Waals surface area contributed by atoms with Crippen molar-refractivity contribution in [1.82, 2.24) is 0 Å². The highest BCUT2D eigenvalue weighted by atomic mass is 35.5. The molecule has 3 N–H and O–H groups in total. The SMILES string of the molecule is O=C(O)CC/C(=N\O)c1cc(Cl)c(Cl)cc1O. The highest BCUT2D eigenvalue weighted by molar-refractivity contribution is 6.42. The summed E-state index contributed by atoms with van der Waals surface area (Å²) in [5.74, 6) is -1.26. The van der Waals surface area contributed by atoms with Gasteiger partial charge < -0.3 is 15.4 Å². The number of phenols is 1. The van der Waals surface area contributed by atoms with Gasteiger partial charge in [-0.05, 0) is 6.07 Å². The first-order valence-corrected chi connectivity index (χ1v) is 5.32. The molecular formula is C10H9Cl2NO4. The van der Waals surface area contributed by atoms with Gasteiger partial charge in [0.25, 0.3) is 0 Å². The largest absolute Gasteiger partial charge is 0.507 e. The van der Waals surface area contributed by atoms with E-state index in [0.717, 1.165) is 0 Å². The minimum Gasteiger partial charge on any atom is -0.507 e. The first-order chi connectivity index (χ1) is 7.95. The summed E-state index contributed by atoms with van der Waals surface area (Å²) >= 11 is 11.4. The van der Waals surface area contributed by atoms with Crippen molar-refractivity contribution in [2.75, 3.05) is 0 Å². The van der Waals surface area contributed by atoms with Crippen LogP contribution >= 0.6 is 23.2 Å². The Morgan fingerprint density at radius 1 is 1.24 bits per heavy atom. The predicted octanol–water partition coefficient (Wildman–Crippen LogP) is 2.74. The molecule has 0 radical (unpaired) electrons. The van der Waals surface area contributed by atoms with Crippen molar-refractivity contribution in [2.45, 2.75) is 12.8 Å². The van der Waals surface area contributed by atoms with Gasteiger partial charge in [-0.15, -0.1) is 0 Å². The summed E-state index contributed by atoms with van der Waals surface area (Å²) in [6.07, 6.45) is -0.254. The van der Waals surface area contributed by atoms with Gasteiger partial charge in [0.2, 0.25) is 0 Å². The summed E-state index contributed by atoms with van der Waals surface area (Å²) in [6, 6.07) is 2.52. The summed E-state index contributed by atoms with van der Waals surface area (Å²) in [5.41, 5.74) is 0.187. The van der Waals surface area contributed by atoms with Crippen LogP contribution in [0.3, 0.4) is 0 Å². The number of carbonyl (C=O) groups is 1. The molecule has 7 heteroatoms. The summed E-state index contributed by atoms with van der Waals surface area (Å²) in [7, 11) is 0. The molecule has 5 nitrogen and oxygen atoms in total. The molecule has 0 saturated carbocycles. The molecule has 0 heterocycles. The van der Waals surface area contributed by atoms with E-state index in [4.69, 9.17) is 33.5 Å². The van der Waals surface area contributed by atoms with Gasteiger partial charge >= 0.3 is 5.97 Å². The van der Waals surface area contributed by atoms with Crippen molar-refractivity contribution >= 4 is 34.9 Å². The van der Waals surface area contributed by atoms with E-state index in [0.29, 0.717) is 0 Å². The van der Waals surface area contributed by atoms with Gasteiger partial charge in [0.05, 0.1) is 22.2 Å². The van der Waals surface area contributed by atoms with E-state index in [1.807, 2.05) is 0 Å². The number of carboxylic acids is 1. The summed E-state index contributed by atoms with van der Waals surface area (Å²) in [4.78, 5) is 10.4. The maximum absolute atomic E-state index is 10.4. The Morgan fingerprint density at radius 2 is 1.82 bits per heavy atom. The van der Waals surface area contributed by atoms with Crippen LogP contribution in [0.5, 0.6) is 5.75 Å². The molecule has 0 bridgehead atoms. The zero-order chi connectivity index (χ0) is 13.0. The van der Waals surface area contributed by atoms with E-state index in [1.54, 1.807) is 0 Å². The van der Waals surface area contributed by atoms with Crippen molar-refractivity contribution in [3.05, 3.63) is 27.7 Å². The predicted molar refractivity (Wildman–Crippen MR) is 63.3 cm³/mol. The zero-order valence-electron chi connectivity index (χ0n) is 8.52. The maximum Gasteiger partial charge on any atom is 0.303 e. The Labute approximate surface area is 107 Å². The van der Waals surface area contributed by atoms with Gasteiger partial charge in [-0.2, -0.15) is 0 Å². The Morgan fingerprint density at radius 3 is 2.35 bits per heavy atom. The molecule has 0 unspecified atom stereocenters. The van der Waals surface area contributed by atoms with E-state index < -0.39 is 5.97 Å². The van der Waals surface area contributed by atoms with Crippen molar-refractivity contribution < 1.29 is 20.2 Å². The average Bonchev–Trinajstić information content (AvgIpc) is 2.25. The second kappa shape index (κ2) is 5.75. The lowest BCUT2D eigenvalue weighted by molar-refractivity contribution is -0.136. The van der Waals surface area contributed by atoms with Crippen LogP contribution in [-0.2, 0) is 4.79 Å². The topological polar surface area (TPSA) is 90.1 Å². The smallest absolute Gasteiger partial charge is 0.303 e. The van der Waals surface area contributed by atoms with Crippen LogP contribution < -0.4 is 0 Å². The van der Waals surface area contributed by atoms with E-state index in [9.17, 15) is 9.90 Å². The number of rotatable bonds is 4. The fraction of sp³-hybridized carbons (Fsp3) is 0.200. The lowest BCUT2D eigenvalue weighted by atomic mass is 10.0. The normalized spacial score (nSPS) is 11.5. The molecule has 0 fully saturated rings. The molecule has 0 aliphatic heterocycles. The van der Waals surface area contributed by atoms with Crippen molar-refractivity contribution in [2.24, 2.45) is 5.16 Å². The number of hydrogen-bond donors (Lipinski definition) is 3. The Balaban J connectivity index is 3.05. The van der Waals surface area contributed by atoms with Gasteiger partial charge in [-0.1, -0.05) is 28.4 Å². The van der Waals surface area contributed by atoms with Crippen LogP contribution in [0.4, 0.5) is 0 Å². The fourth-order valence-electron chi connectivity index (χ4n) is 1.23.